The van der Waals surface area contributed by atoms with Crippen LogP contribution in [0.2, 0.25) is 5.02 Å². The number of hydrogen-bond donors (Lipinski definition) is 1. The second kappa shape index (κ2) is 10.6. The van der Waals surface area contributed by atoms with Crippen LogP contribution in [0.4, 0.5) is 4.39 Å². The second-order valence-electron chi connectivity index (χ2n) is 6.56. The predicted octanol–water partition coefficient (Wildman–Crippen LogP) is 3.16. The number of carbonyl (C=O) groups excluding carboxylic acids is 1. The molecule has 0 saturated carbocycles. The normalized spacial score (nSPS) is 15.1. The van der Waals surface area contributed by atoms with Crippen LogP contribution in [0.1, 0.15) is 15.9 Å². The molecule has 1 saturated heterocycles. The van der Waals surface area contributed by atoms with Crippen molar-refractivity contribution < 1.29 is 22.3 Å². The minimum absolute atomic E-state index is 0.0212. The monoisotopic (exact) mass is 472 g/mol. The van der Waals surface area contributed by atoms with Gasteiger partial charge < -0.3 is 10.1 Å². The number of carbonyl (C=O) groups is 1. The van der Waals surface area contributed by atoms with Gasteiger partial charge in [0, 0.05) is 31.1 Å². The molecule has 2 aromatic carbocycles. The summed E-state index contributed by atoms with van der Waals surface area (Å²) in [6, 6.07) is 10.7. The first kappa shape index (κ1) is 23.0. The SMILES string of the molecule is O=C(NCCSCc1ccccc1F)c1cc(S(=O)(=O)N2CCOCC2)ccc1Cl. The molecule has 2 aromatic rings. The lowest BCUT2D eigenvalue weighted by Crippen LogP contribution is -2.40. The molecule has 0 bridgehead atoms. The minimum Gasteiger partial charge on any atom is -0.379 e. The van der Waals surface area contributed by atoms with Crippen LogP contribution >= 0.6 is 23.4 Å². The average Bonchev–Trinajstić information content (AvgIpc) is 2.75. The first-order valence-electron chi connectivity index (χ1n) is 9.36. The van der Waals surface area contributed by atoms with Crippen LogP contribution < -0.4 is 5.32 Å². The van der Waals surface area contributed by atoms with E-state index in [-0.39, 0.29) is 34.4 Å². The van der Waals surface area contributed by atoms with E-state index >= 15 is 0 Å². The number of sulfonamides is 1. The van der Waals surface area contributed by atoms with Crippen LogP contribution in [-0.4, -0.2) is 57.2 Å². The predicted molar refractivity (Wildman–Crippen MR) is 116 cm³/mol. The van der Waals surface area contributed by atoms with E-state index < -0.39 is 15.9 Å². The van der Waals surface area contributed by atoms with Gasteiger partial charge >= 0.3 is 0 Å². The molecule has 1 heterocycles. The maximum Gasteiger partial charge on any atom is 0.252 e. The summed E-state index contributed by atoms with van der Waals surface area (Å²) in [6.45, 7) is 1.56. The number of hydrogen-bond acceptors (Lipinski definition) is 5. The summed E-state index contributed by atoms with van der Waals surface area (Å²) in [6.07, 6.45) is 0. The van der Waals surface area contributed by atoms with Crippen molar-refractivity contribution in [3.63, 3.8) is 0 Å². The molecule has 1 aliphatic rings. The number of morpholine rings is 1. The first-order valence-corrected chi connectivity index (χ1v) is 12.3. The van der Waals surface area contributed by atoms with Gasteiger partial charge in [0.05, 0.1) is 28.7 Å². The Morgan fingerprint density at radius 2 is 1.93 bits per heavy atom. The summed E-state index contributed by atoms with van der Waals surface area (Å²) in [5.41, 5.74) is 0.711. The summed E-state index contributed by atoms with van der Waals surface area (Å²) < 4.78 is 45.7. The summed E-state index contributed by atoms with van der Waals surface area (Å²) in [7, 11) is -3.72. The Kier molecular flexibility index (Phi) is 8.13. The largest absolute Gasteiger partial charge is 0.379 e. The maximum atomic E-state index is 13.6. The topological polar surface area (TPSA) is 75.7 Å². The Balaban J connectivity index is 1.57. The lowest BCUT2D eigenvalue weighted by atomic mass is 10.2. The maximum absolute atomic E-state index is 13.6. The molecular formula is C20H22ClFN2O4S2. The fraction of sp³-hybridized carbons (Fsp3) is 0.350. The fourth-order valence-corrected chi connectivity index (χ4v) is 5.39. The average molecular weight is 473 g/mol. The van der Waals surface area contributed by atoms with Crippen LogP contribution in [-0.2, 0) is 20.5 Å². The van der Waals surface area contributed by atoms with Gasteiger partial charge in [-0.2, -0.15) is 16.1 Å². The van der Waals surface area contributed by atoms with Gasteiger partial charge in [-0.05, 0) is 29.8 Å². The van der Waals surface area contributed by atoms with Crippen LogP contribution in [0.25, 0.3) is 0 Å². The standard InChI is InChI=1S/C20H22ClFN2O4S2/c21-18-6-5-16(30(26,27)24-8-10-28-11-9-24)13-17(18)20(25)23-7-12-29-14-15-3-1-2-4-19(15)22/h1-6,13H,7-12,14H2,(H,23,25). The van der Waals surface area contributed by atoms with E-state index in [1.54, 1.807) is 18.2 Å². The minimum atomic E-state index is -3.72. The molecule has 0 aliphatic carbocycles. The number of benzene rings is 2. The van der Waals surface area contributed by atoms with E-state index in [2.05, 4.69) is 5.32 Å². The van der Waals surface area contributed by atoms with Gasteiger partial charge in [0.1, 0.15) is 5.82 Å². The van der Waals surface area contributed by atoms with E-state index in [4.69, 9.17) is 16.3 Å². The Morgan fingerprint density at radius 1 is 1.20 bits per heavy atom. The van der Waals surface area contributed by atoms with Crippen molar-refractivity contribution in [1.29, 1.82) is 0 Å². The third-order valence-electron chi connectivity index (χ3n) is 4.54. The Morgan fingerprint density at radius 3 is 2.67 bits per heavy atom. The quantitative estimate of drug-likeness (QED) is 0.597. The number of ether oxygens (including phenoxy) is 1. The van der Waals surface area contributed by atoms with Crippen molar-refractivity contribution in [2.45, 2.75) is 10.6 Å². The van der Waals surface area contributed by atoms with Crippen molar-refractivity contribution >= 4 is 39.3 Å². The highest BCUT2D eigenvalue weighted by molar-refractivity contribution is 7.98. The molecule has 10 heteroatoms. The summed E-state index contributed by atoms with van der Waals surface area (Å²) in [5.74, 6) is 0.365. The van der Waals surface area contributed by atoms with Crippen LogP contribution in [0.15, 0.2) is 47.4 Å². The highest BCUT2D eigenvalue weighted by Crippen LogP contribution is 2.24. The molecule has 0 radical (unpaired) electrons. The van der Waals surface area contributed by atoms with Gasteiger partial charge in [0.2, 0.25) is 10.0 Å². The van der Waals surface area contributed by atoms with E-state index in [1.807, 2.05) is 0 Å². The lowest BCUT2D eigenvalue weighted by Gasteiger charge is -2.26. The number of nitrogens with one attached hydrogen (secondary N) is 1. The lowest BCUT2D eigenvalue weighted by molar-refractivity contribution is 0.0730. The Labute approximate surface area is 184 Å². The van der Waals surface area contributed by atoms with Gasteiger partial charge in [-0.1, -0.05) is 29.8 Å². The molecule has 1 aliphatic heterocycles. The molecule has 162 valence electrons. The molecule has 0 spiro atoms. The molecule has 0 unspecified atom stereocenters. The smallest absolute Gasteiger partial charge is 0.252 e. The van der Waals surface area contributed by atoms with E-state index in [9.17, 15) is 17.6 Å². The highest BCUT2D eigenvalue weighted by Gasteiger charge is 2.27. The summed E-state index contributed by atoms with van der Waals surface area (Å²) in [4.78, 5) is 12.5. The number of amides is 1. The zero-order valence-electron chi connectivity index (χ0n) is 16.1. The van der Waals surface area contributed by atoms with Crippen molar-refractivity contribution in [2.75, 3.05) is 38.6 Å². The van der Waals surface area contributed by atoms with Gasteiger partial charge in [0.15, 0.2) is 0 Å². The molecule has 0 aromatic heterocycles. The molecule has 1 fully saturated rings. The van der Waals surface area contributed by atoms with Crippen molar-refractivity contribution in [3.8, 4) is 0 Å². The molecule has 1 amide bonds. The molecule has 3 rings (SSSR count). The number of nitrogens with zero attached hydrogens (tertiary/aromatic N) is 1. The number of halogens is 2. The molecule has 6 nitrogen and oxygen atoms in total. The van der Waals surface area contributed by atoms with Crippen LogP contribution in [0, 0.1) is 5.82 Å². The highest BCUT2D eigenvalue weighted by atomic mass is 35.5. The fourth-order valence-electron chi connectivity index (χ4n) is 2.90. The molecule has 30 heavy (non-hydrogen) atoms. The molecular weight excluding hydrogens is 451 g/mol. The Bertz CT molecular complexity index is 998. The van der Waals surface area contributed by atoms with Crippen molar-refractivity contribution in [3.05, 3.63) is 64.4 Å². The van der Waals surface area contributed by atoms with Crippen molar-refractivity contribution in [1.82, 2.24) is 9.62 Å². The zero-order chi connectivity index (χ0) is 21.6. The second-order valence-corrected chi connectivity index (χ2v) is 10.0. The van der Waals surface area contributed by atoms with Crippen molar-refractivity contribution in [2.24, 2.45) is 0 Å². The van der Waals surface area contributed by atoms with Gasteiger partial charge in [-0.25, -0.2) is 12.8 Å². The molecule has 1 N–H and O–H groups in total. The van der Waals surface area contributed by atoms with Gasteiger partial charge in [-0.3, -0.25) is 4.79 Å². The van der Waals surface area contributed by atoms with Crippen LogP contribution in [0.3, 0.4) is 0 Å². The third kappa shape index (κ3) is 5.73. The Hall–Kier alpha value is -1.65. The summed E-state index contributed by atoms with van der Waals surface area (Å²) >= 11 is 7.61. The number of thioether (sulfide) groups is 1. The van der Waals surface area contributed by atoms with Crippen LogP contribution in [0.5, 0.6) is 0 Å². The van der Waals surface area contributed by atoms with E-state index in [0.29, 0.717) is 36.8 Å². The van der Waals surface area contributed by atoms with Gasteiger partial charge in [-0.15, -0.1) is 0 Å². The number of rotatable bonds is 8. The van der Waals surface area contributed by atoms with Gasteiger partial charge in [0.25, 0.3) is 5.91 Å². The third-order valence-corrected chi connectivity index (χ3v) is 7.77. The van der Waals surface area contributed by atoms with E-state index in [1.165, 1.54) is 40.3 Å². The van der Waals surface area contributed by atoms with E-state index in [0.717, 1.165) is 0 Å². The molecule has 0 atom stereocenters. The summed E-state index contributed by atoms with van der Waals surface area (Å²) in [5, 5.41) is 2.91. The zero-order valence-corrected chi connectivity index (χ0v) is 18.5. The first-order chi connectivity index (χ1) is 14.4.